The number of epoxide rings is 1. The van der Waals surface area contributed by atoms with Crippen molar-refractivity contribution in [1.82, 2.24) is 25.1 Å². The number of hydrogen-bond acceptors (Lipinski definition) is 8. The summed E-state index contributed by atoms with van der Waals surface area (Å²) in [5.41, 5.74) is 4.70. The van der Waals surface area contributed by atoms with Crippen LogP contribution < -0.4 is 10.6 Å². The first-order valence-electron chi connectivity index (χ1n) is 12.6. The Bertz CT molecular complexity index is 1560. The summed E-state index contributed by atoms with van der Waals surface area (Å²) in [7, 11) is 0. The maximum Gasteiger partial charge on any atom is 0.164 e. The second-order valence-electron chi connectivity index (χ2n) is 9.41. The summed E-state index contributed by atoms with van der Waals surface area (Å²) >= 11 is 0. The van der Waals surface area contributed by atoms with Gasteiger partial charge in [-0.3, -0.25) is 10.00 Å². The average Bonchev–Trinajstić information content (AvgIpc) is 3.48. The number of fused-ring (bicyclic) bond motifs is 2. The zero-order valence-corrected chi connectivity index (χ0v) is 20.2. The maximum atomic E-state index is 5.96. The third-order valence-corrected chi connectivity index (χ3v) is 6.90. The molecule has 2 aromatic heterocycles. The summed E-state index contributed by atoms with van der Waals surface area (Å²) in [5.74, 6) is 1.41. The molecule has 0 amide bonds. The standard InChI is InChI=1S/C28H27N7O2/c1-3-7-23-20(5-1)26(30-19-9-10-22-18(15-19)16-29-34-22)33-27(31-23)21-6-2-4-8-24(21)32-28-25(37-28)17-35-11-13-36-14-12-35/h1-10,15-16,25,28,32H,11-14,17H2,(H,29,34)(H,30,31,33). The van der Waals surface area contributed by atoms with Crippen LogP contribution in [-0.4, -0.2) is 70.2 Å². The Morgan fingerprint density at radius 2 is 1.84 bits per heavy atom. The van der Waals surface area contributed by atoms with Crippen molar-refractivity contribution in [1.29, 1.82) is 0 Å². The minimum absolute atomic E-state index is 0.0243. The molecule has 0 spiro atoms. The highest BCUT2D eigenvalue weighted by atomic mass is 16.6. The lowest BCUT2D eigenvalue weighted by atomic mass is 10.1. The molecule has 9 nitrogen and oxygen atoms in total. The second-order valence-corrected chi connectivity index (χ2v) is 9.41. The monoisotopic (exact) mass is 493 g/mol. The van der Waals surface area contributed by atoms with E-state index in [4.69, 9.17) is 19.4 Å². The number of para-hydroxylation sites is 2. The lowest BCUT2D eigenvalue weighted by Crippen LogP contribution is -2.39. The minimum atomic E-state index is -0.0243. The first-order chi connectivity index (χ1) is 18.3. The van der Waals surface area contributed by atoms with Crippen molar-refractivity contribution in [3.63, 3.8) is 0 Å². The van der Waals surface area contributed by atoms with Crippen LogP contribution in [0.25, 0.3) is 33.2 Å². The highest BCUT2D eigenvalue weighted by molar-refractivity contribution is 5.94. The molecule has 3 N–H and O–H groups in total. The molecule has 0 bridgehead atoms. The number of nitrogens with zero attached hydrogens (tertiary/aromatic N) is 4. The number of ether oxygens (including phenoxy) is 2. The molecular weight excluding hydrogens is 466 g/mol. The van der Waals surface area contributed by atoms with Crippen LogP contribution in [0.5, 0.6) is 0 Å². The number of aromatic amines is 1. The molecule has 2 fully saturated rings. The van der Waals surface area contributed by atoms with Crippen LogP contribution >= 0.6 is 0 Å². The van der Waals surface area contributed by atoms with Gasteiger partial charge in [0.1, 0.15) is 11.9 Å². The number of H-pyrrole nitrogens is 1. The number of morpholine rings is 1. The Labute approximate surface area is 213 Å². The maximum absolute atomic E-state index is 5.96. The normalized spacial score (nSPS) is 19.8. The predicted molar refractivity (Wildman–Crippen MR) is 144 cm³/mol. The van der Waals surface area contributed by atoms with Crippen molar-refractivity contribution >= 4 is 39.0 Å². The molecule has 3 aromatic carbocycles. The van der Waals surface area contributed by atoms with Gasteiger partial charge in [-0.25, -0.2) is 9.97 Å². The molecule has 186 valence electrons. The fourth-order valence-corrected chi connectivity index (χ4v) is 4.85. The molecule has 0 radical (unpaired) electrons. The van der Waals surface area contributed by atoms with E-state index in [0.29, 0.717) is 5.82 Å². The first-order valence-corrected chi connectivity index (χ1v) is 12.6. The second kappa shape index (κ2) is 9.44. The van der Waals surface area contributed by atoms with Gasteiger partial charge in [0.15, 0.2) is 12.1 Å². The van der Waals surface area contributed by atoms with E-state index in [1.807, 2.05) is 60.8 Å². The summed E-state index contributed by atoms with van der Waals surface area (Å²) in [5, 5.41) is 16.2. The number of aromatic nitrogens is 4. The largest absolute Gasteiger partial charge is 0.379 e. The van der Waals surface area contributed by atoms with Gasteiger partial charge in [-0.05, 0) is 42.5 Å². The van der Waals surface area contributed by atoms with E-state index < -0.39 is 0 Å². The summed E-state index contributed by atoms with van der Waals surface area (Å²) < 4.78 is 11.4. The van der Waals surface area contributed by atoms with Gasteiger partial charge in [0.25, 0.3) is 0 Å². The van der Waals surface area contributed by atoms with E-state index in [-0.39, 0.29) is 12.3 Å². The molecule has 4 heterocycles. The van der Waals surface area contributed by atoms with Crippen molar-refractivity contribution < 1.29 is 9.47 Å². The SMILES string of the molecule is c1ccc(-c2nc(Nc3ccc4[nH]ncc4c3)c3ccccc3n2)c(NC2OC2CN2CCOCC2)c1. The molecule has 0 saturated carbocycles. The van der Waals surface area contributed by atoms with Crippen LogP contribution in [0.3, 0.4) is 0 Å². The van der Waals surface area contributed by atoms with Crippen molar-refractivity contribution in [2.45, 2.75) is 12.3 Å². The third-order valence-electron chi connectivity index (χ3n) is 6.90. The van der Waals surface area contributed by atoms with E-state index >= 15 is 0 Å². The van der Waals surface area contributed by atoms with E-state index in [1.165, 1.54) is 0 Å². The highest BCUT2D eigenvalue weighted by Crippen LogP contribution is 2.34. The third kappa shape index (κ3) is 4.60. The number of anilines is 3. The molecule has 2 saturated heterocycles. The van der Waals surface area contributed by atoms with Gasteiger partial charge in [0.05, 0.1) is 30.4 Å². The quantitative estimate of drug-likeness (QED) is 0.287. The summed E-state index contributed by atoms with van der Waals surface area (Å²) in [6, 6.07) is 22.3. The molecule has 2 aliphatic rings. The Balaban J connectivity index is 1.18. The summed E-state index contributed by atoms with van der Waals surface area (Å²) in [4.78, 5) is 12.3. The van der Waals surface area contributed by atoms with E-state index in [2.05, 4.69) is 37.9 Å². The lowest BCUT2D eigenvalue weighted by Gasteiger charge is -2.25. The molecule has 9 heteroatoms. The van der Waals surface area contributed by atoms with Crippen LogP contribution in [0, 0.1) is 0 Å². The number of nitrogens with one attached hydrogen (secondary N) is 3. The van der Waals surface area contributed by atoms with Crippen molar-refractivity contribution in [3.8, 4) is 11.4 Å². The van der Waals surface area contributed by atoms with Gasteiger partial charge >= 0.3 is 0 Å². The lowest BCUT2D eigenvalue weighted by molar-refractivity contribution is 0.0349. The first kappa shape index (κ1) is 22.2. The number of benzene rings is 3. The molecule has 0 aliphatic carbocycles. The molecule has 5 aromatic rings. The molecule has 37 heavy (non-hydrogen) atoms. The summed E-state index contributed by atoms with van der Waals surface area (Å²) in [6.45, 7) is 4.40. The number of rotatable bonds is 7. The molecule has 7 rings (SSSR count). The van der Waals surface area contributed by atoms with Crippen LogP contribution in [-0.2, 0) is 9.47 Å². The van der Waals surface area contributed by atoms with Gasteiger partial charge in [0, 0.05) is 47.3 Å². The molecule has 2 atom stereocenters. The molecule has 2 aliphatic heterocycles. The number of hydrogen-bond donors (Lipinski definition) is 3. The summed E-state index contributed by atoms with van der Waals surface area (Å²) in [6.07, 6.45) is 1.96. The fourth-order valence-electron chi connectivity index (χ4n) is 4.85. The van der Waals surface area contributed by atoms with Gasteiger partial charge in [0.2, 0.25) is 0 Å². The van der Waals surface area contributed by atoms with Crippen molar-refractivity contribution in [2.75, 3.05) is 43.5 Å². The zero-order valence-electron chi connectivity index (χ0n) is 20.2. The van der Waals surface area contributed by atoms with Crippen LogP contribution in [0.1, 0.15) is 0 Å². The van der Waals surface area contributed by atoms with Crippen LogP contribution in [0.15, 0.2) is 72.9 Å². The topological polar surface area (TPSA) is 104 Å². The van der Waals surface area contributed by atoms with Crippen LogP contribution in [0.4, 0.5) is 17.2 Å². The van der Waals surface area contributed by atoms with E-state index in [9.17, 15) is 0 Å². The Kier molecular flexibility index (Phi) is 5.65. The van der Waals surface area contributed by atoms with Gasteiger partial charge in [-0.15, -0.1) is 0 Å². The van der Waals surface area contributed by atoms with Gasteiger partial charge in [-0.2, -0.15) is 5.10 Å². The Morgan fingerprint density at radius 1 is 0.973 bits per heavy atom. The zero-order chi connectivity index (χ0) is 24.6. The van der Waals surface area contributed by atoms with Gasteiger partial charge in [-0.1, -0.05) is 24.3 Å². The Hall–Kier alpha value is -4.05. The predicted octanol–water partition coefficient (Wildman–Crippen LogP) is 4.39. The van der Waals surface area contributed by atoms with Crippen molar-refractivity contribution in [2.24, 2.45) is 0 Å². The fraction of sp³-hybridized carbons (Fsp3) is 0.250. The van der Waals surface area contributed by atoms with Crippen LogP contribution in [0.2, 0.25) is 0 Å². The highest BCUT2D eigenvalue weighted by Gasteiger charge is 2.40. The van der Waals surface area contributed by atoms with E-state index in [1.54, 1.807) is 0 Å². The van der Waals surface area contributed by atoms with Gasteiger partial charge < -0.3 is 20.1 Å². The van der Waals surface area contributed by atoms with Crippen molar-refractivity contribution in [3.05, 3.63) is 72.9 Å². The van der Waals surface area contributed by atoms with E-state index in [0.717, 1.165) is 77.4 Å². The average molecular weight is 494 g/mol. The smallest absolute Gasteiger partial charge is 0.164 e. The minimum Gasteiger partial charge on any atom is -0.379 e. The Morgan fingerprint density at radius 3 is 2.78 bits per heavy atom. The molecule has 2 unspecified atom stereocenters. The molecular formula is C28H27N7O2.